The molecule has 3 rings (SSSR count). The Bertz CT molecular complexity index is 707. The maximum absolute atomic E-state index is 12.6. The maximum Gasteiger partial charge on any atom is 0.322 e. The quantitative estimate of drug-likeness (QED) is 0.933. The zero-order chi connectivity index (χ0) is 15.7. The van der Waals surface area contributed by atoms with Crippen molar-refractivity contribution in [2.75, 3.05) is 26.1 Å². The molecule has 0 radical (unpaired) electrons. The van der Waals surface area contributed by atoms with Crippen LogP contribution in [-0.4, -0.2) is 37.2 Å². The lowest BCUT2D eigenvalue weighted by Gasteiger charge is -2.28. The molecule has 1 aliphatic rings. The molecular weight excluding hydrogens is 276 g/mol. The van der Waals surface area contributed by atoms with Gasteiger partial charge in [-0.3, -0.25) is 0 Å². The normalized spacial score (nSPS) is 15.6. The van der Waals surface area contributed by atoms with E-state index in [0.717, 1.165) is 34.9 Å². The molecule has 1 saturated carbocycles. The van der Waals surface area contributed by atoms with E-state index < -0.39 is 0 Å². The summed E-state index contributed by atoms with van der Waals surface area (Å²) in [6.07, 6.45) is 2.00. The van der Waals surface area contributed by atoms with Crippen LogP contribution in [0.2, 0.25) is 0 Å². The molecule has 2 aromatic rings. The van der Waals surface area contributed by atoms with Crippen molar-refractivity contribution in [3.63, 3.8) is 0 Å². The molecule has 22 heavy (non-hydrogen) atoms. The van der Waals surface area contributed by atoms with Gasteiger partial charge in [0, 0.05) is 19.5 Å². The topological polar surface area (TPSA) is 41.6 Å². The standard InChI is InChI=1S/C18H22N2O2/c1-13-8-9-14-6-4-5-7-15(14)16(13)19-17(21)20(2)18(10-11-18)12-22-3/h4-9H,10-12H2,1-3H3,(H,19,21). The Morgan fingerprint density at radius 2 is 2.00 bits per heavy atom. The van der Waals surface area contributed by atoms with Gasteiger partial charge in [0.25, 0.3) is 0 Å². The number of fused-ring (bicyclic) bond motifs is 1. The molecule has 0 heterocycles. The molecule has 0 atom stereocenters. The molecule has 116 valence electrons. The Balaban J connectivity index is 1.87. The zero-order valence-electron chi connectivity index (χ0n) is 13.3. The third-order valence-corrected chi connectivity index (χ3v) is 4.63. The predicted octanol–water partition coefficient (Wildman–Crippen LogP) is 3.79. The second kappa shape index (κ2) is 5.61. The van der Waals surface area contributed by atoms with Gasteiger partial charge in [0.2, 0.25) is 0 Å². The molecule has 2 aromatic carbocycles. The van der Waals surface area contributed by atoms with Crippen LogP contribution in [0.25, 0.3) is 10.8 Å². The first-order valence-corrected chi connectivity index (χ1v) is 7.59. The average molecular weight is 298 g/mol. The van der Waals surface area contributed by atoms with E-state index in [-0.39, 0.29) is 11.6 Å². The number of carbonyl (C=O) groups is 1. The molecule has 2 amide bonds. The summed E-state index contributed by atoms with van der Waals surface area (Å²) in [4.78, 5) is 14.4. The van der Waals surface area contributed by atoms with Gasteiger partial charge in [-0.2, -0.15) is 0 Å². The average Bonchev–Trinajstić information content (AvgIpc) is 3.30. The fourth-order valence-corrected chi connectivity index (χ4v) is 2.94. The van der Waals surface area contributed by atoms with Crippen LogP contribution < -0.4 is 5.32 Å². The summed E-state index contributed by atoms with van der Waals surface area (Å²) in [6.45, 7) is 2.61. The summed E-state index contributed by atoms with van der Waals surface area (Å²) in [7, 11) is 3.53. The lowest BCUT2D eigenvalue weighted by Crippen LogP contribution is -2.44. The number of aryl methyl sites for hydroxylation is 1. The van der Waals surface area contributed by atoms with Gasteiger partial charge in [-0.25, -0.2) is 4.79 Å². The molecule has 1 aliphatic carbocycles. The van der Waals surface area contributed by atoms with E-state index in [1.54, 1.807) is 12.0 Å². The number of anilines is 1. The molecule has 1 fully saturated rings. The summed E-state index contributed by atoms with van der Waals surface area (Å²) in [5.41, 5.74) is 1.83. The van der Waals surface area contributed by atoms with Crippen LogP contribution in [0.15, 0.2) is 36.4 Å². The second-order valence-corrected chi connectivity index (χ2v) is 6.13. The number of hydrogen-bond donors (Lipinski definition) is 1. The van der Waals surface area contributed by atoms with Crippen LogP contribution in [0.3, 0.4) is 0 Å². The highest BCUT2D eigenvalue weighted by atomic mass is 16.5. The highest BCUT2D eigenvalue weighted by molar-refractivity contribution is 6.03. The SMILES string of the molecule is COCC1(N(C)C(=O)Nc2c(C)ccc3ccccc23)CC1. The molecule has 4 nitrogen and oxygen atoms in total. The van der Waals surface area contributed by atoms with E-state index in [4.69, 9.17) is 4.74 Å². The minimum atomic E-state index is -0.128. The molecule has 0 aromatic heterocycles. The summed E-state index contributed by atoms with van der Waals surface area (Å²) in [5.74, 6) is 0. The first-order chi connectivity index (χ1) is 10.6. The predicted molar refractivity (Wildman–Crippen MR) is 89.3 cm³/mol. The maximum atomic E-state index is 12.6. The van der Waals surface area contributed by atoms with Crippen molar-refractivity contribution in [3.8, 4) is 0 Å². The van der Waals surface area contributed by atoms with Gasteiger partial charge in [0.1, 0.15) is 0 Å². The number of methoxy groups -OCH3 is 1. The summed E-state index contributed by atoms with van der Waals surface area (Å²) in [5, 5.41) is 5.29. The highest BCUT2D eigenvalue weighted by Crippen LogP contribution is 2.41. The van der Waals surface area contributed by atoms with E-state index in [0.29, 0.717) is 6.61 Å². The van der Waals surface area contributed by atoms with Crippen LogP contribution in [0.5, 0.6) is 0 Å². The van der Waals surface area contributed by atoms with E-state index in [2.05, 4.69) is 17.4 Å². The summed E-state index contributed by atoms with van der Waals surface area (Å²) >= 11 is 0. The van der Waals surface area contributed by atoms with Gasteiger partial charge < -0.3 is 15.0 Å². The van der Waals surface area contributed by atoms with Crippen molar-refractivity contribution >= 4 is 22.5 Å². The first kappa shape index (κ1) is 14.9. The first-order valence-electron chi connectivity index (χ1n) is 7.59. The minimum Gasteiger partial charge on any atom is -0.382 e. The number of amides is 2. The molecule has 0 bridgehead atoms. The van der Waals surface area contributed by atoms with Crippen LogP contribution in [0, 0.1) is 6.92 Å². The minimum absolute atomic E-state index is 0.0750. The Labute approximate surface area is 131 Å². The van der Waals surface area contributed by atoms with Gasteiger partial charge in [-0.1, -0.05) is 36.4 Å². The molecular formula is C18H22N2O2. The number of benzene rings is 2. The van der Waals surface area contributed by atoms with E-state index >= 15 is 0 Å². The van der Waals surface area contributed by atoms with Crippen molar-refractivity contribution in [1.29, 1.82) is 0 Å². The smallest absolute Gasteiger partial charge is 0.322 e. The number of ether oxygens (including phenoxy) is 1. The Morgan fingerprint density at radius 3 is 2.68 bits per heavy atom. The molecule has 4 heteroatoms. The molecule has 0 spiro atoms. The number of urea groups is 1. The van der Waals surface area contributed by atoms with Crippen molar-refractivity contribution in [2.45, 2.75) is 25.3 Å². The molecule has 0 unspecified atom stereocenters. The van der Waals surface area contributed by atoms with Crippen LogP contribution in [0.4, 0.5) is 10.5 Å². The summed E-state index contributed by atoms with van der Waals surface area (Å²) < 4.78 is 5.26. The van der Waals surface area contributed by atoms with Crippen LogP contribution in [0.1, 0.15) is 18.4 Å². The van der Waals surface area contributed by atoms with Crippen molar-refractivity contribution in [3.05, 3.63) is 42.0 Å². The van der Waals surface area contributed by atoms with Crippen LogP contribution >= 0.6 is 0 Å². The Hall–Kier alpha value is -2.07. The van der Waals surface area contributed by atoms with Gasteiger partial charge in [-0.15, -0.1) is 0 Å². The highest BCUT2D eigenvalue weighted by Gasteiger charge is 2.48. The lowest BCUT2D eigenvalue weighted by molar-refractivity contribution is 0.108. The van der Waals surface area contributed by atoms with E-state index in [1.165, 1.54) is 0 Å². The number of nitrogens with one attached hydrogen (secondary N) is 1. The van der Waals surface area contributed by atoms with Gasteiger partial charge >= 0.3 is 6.03 Å². The number of rotatable bonds is 4. The number of nitrogens with zero attached hydrogens (tertiary/aromatic N) is 1. The van der Waals surface area contributed by atoms with E-state index in [1.807, 2.05) is 38.2 Å². The molecule has 0 aliphatic heterocycles. The third-order valence-electron chi connectivity index (χ3n) is 4.63. The number of hydrogen-bond acceptors (Lipinski definition) is 2. The van der Waals surface area contributed by atoms with Gasteiger partial charge in [0.05, 0.1) is 17.8 Å². The Morgan fingerprint density at radius 1 is 1.27 bits per heavy atom. The van der Waals surface area contributed by atoms with Crippen molar-refractivity contribution in [1.82, 2.24) is 4.90 Å². The fourth-order valence-electron chi connectivity index (χ4n) is 2.94. The second-order valence-electron chi connectivity index (χ2n) is 6.13. The van der Waals surface area contributed by atoms with Gasteiger partial charge in [-0.05, 0) is 30.7 Å². The third kappa shape index (κ3) is 2.55. The number of likely N-dealkylation sites (N-methyl/N-ethyl adjacent to an activating group) is 1. The summed E-state index contributed by atoms with van der Waals surface area (Å²) in [6, 6.07) is 12.1. The van der Waals surface area contributed by atoms with E-state index in [9.17, 15) is 4.79 Å². The monoisotopic (exact) mass is 298 g/mol. The molecule has 0 saturated heterocycles. The van der Waals surface area contributed by atoms with Crippen LogP contribution in [-0.2, 0) is 4.74 Å². The zero-order valence-corrected chi connectivity index (χ0v) is 13.3. The largest absolute Gasteiger partial charge is 0.382 e. The number of carbonyl (C=O) groups excluding carboxylic acids is 1. The fraction of sp³-hybridized carbons (Fsp3) is 0.389. The Kier molecular flexibility index (Phi) is 3.79. The van der Waals surface area contributed by atoms with Crippen molar-refractivity contribution in [2.24, 2.45) is 0 Å². The van der Waals surface area contributed by atoms with Crippen molar-refractivity contribution < 1.29 is 9.53 Å². The van der Waals surface area contributed by atoms with Gasteiger partial charge in [0.15, 0.2) is 0 Å². The molecule has 1 N–H and O–H groups in total. The lowest BCUT2D eigenvalue weighted by atomic mass is 10.0.